The molecule has 168 valence electrons. The van der Waals surface area contributed by atoms with Crippen LogP contribution in [-0.4, -0.2) is 22.5 Å². The van der Waals surface area contributed by atoms with Crippen molar-refractivity contribution in [1.82, 2.24) is 5.32 Å². The number of carboxylic acids is 1. The van der Waals surface area contributed by atoms with Crippen molar-refractivity contribution in [2.75, 3.05) is 0 Å². The van der Waals surface area contributed by atoms with Crippen LogP contribution in [0.1, 0.15) is 48.4 Å². The van der Waals surface area contributed by atoms with E-state index < -0.39 is 35.3 Å². The van der Waals surface area contributed by atoms with Crippen molar-refractivity contribution in [1.29, 1.82) is 0 Å². The molecule has 0 aliphatic rings. The fraction of sp³-hybridized carbons (Fsp3) is 0.250. The number of nitrogens with one attached hydrogen (secondary N) is 1. The van der Waals surface area contributed by atoms with Gasteiger partial charge in [0.2, 0.25) is 0 Å². The first-order valence-electron chi connectivity index (χ1n) is 9.82. The number of carbonyl (C=O) groups excluding carboxylic acids is 1. The van der Waals surface area contributed by atoms with E-state index in [1.165, 1.54) is 45.0 Å². The second kappa shape index (κ2) is 8.53. The molecule has 32 heavy (non-hydrogen) atoms. The third-order valence-corrected chi connectivity index (χ3v) is 5.08. The summed E-state index contributed by atoms with van der Waals surface area (Å²) < 4.78 is 46.5. The lowest BCUT2D eigenvalue weighted by Crippen LogP contribution is -2.49. The van der Waals surface area contributed by atoms with Crippen LogP contribution in [0.5, 0.6) is 5.75 Å². The molecule has 1 atom stereocenters. The van der Waals surface area contributed by atoms with E-state index >= 15 is 0 Å². The molecule has 0 unspecified atom stereocenters. The summed E-state index contributed by atoms with van der Waals surface area (Å²) in [5, 5.41) is 13.0. The molecule has 0 aliphatic heterocycles. The van der Waals surface area contributed by atoms with Crippen molar-refractivity contribution < 1.29 is 32.6 Å². The Balaban J connectivity index is 2.09. The first-order chi connectivity index (χ1) is 14.9. The van der Waals surface area contributed by atoms with Crippen LogP contribution in [-0.2, 0) is 11.0 Å². The summed E-state index contributed by atoms with van der Waals surface area (Å²) in [5.41, 5.74) is -2.45. The molecule has 0 heterocycles. The number of halogens is 3. The molecule has 0 saturated carbocycles. The fourth-order valence-corrected chi connectivity index (χ4v) is 3.30. The Morgan fingerprint density at radius 1 is 0.969 bits per heavy atom. The number of fused-ring (bicyclic) bond motifs is 1. The summed E-state index contributed by atoms with van der Waals surface area (Å²) in [5.74, 6) is -1.87. The third-order valence-electron chi connectivity index (χ3n) is 5.08. The third kappa shape index (κ3) is 4.69. The number of rotatable bonds is 6. The number of amides is 1. The molecule has 0 aliphatic carbocycles. The number of carbonyl (C=O) groups is 2. The smallest absolute Gasteiger partial charge is 0.416 e. The number of alkyl halides is 3. The van der Waals surface area contributed by atoms with Crippen molar-refractivity contribution in [2.45, 2.75) is 38.6 Å². The van der Waals surface area contributed by atoms with E-state index in [1.807, 2.05) is 0 Å². The Morgan fingerprint density at radius 2 is 1.59 bits per heavy atom. The second-order valence-electron chi connectivity index (χ2n) is 7.89. The molecule has 0 spiro atoms. The van der Waals surface area contributed by atoms with Crippen molar-refractivity contribution >= 4 is 22.6 Å². The minimum Gasteiger partial charge on any atom is -0.485 e. The zero-order valence-corrected chi connectivity index (χ0v) is 17.7. The van der Waals surface area contributed by atoms with E-state index in [0.29, 0.717) is 10.8 Å². The van der Waals surface area contributed by atoms with E-state index in [4.69, 9.17) is 4.74 Å². The van der Waals surface area contributed by atoms with Crippen molar-refractivity contribution in [2.24, 2.45) is 0 Å². The second-order valence-corrected chi connectivity index (χ2v) is 7.89. The van der Waals surface area contributed by atoms with E-state index in [0.717, 1.165) is 6.07 Å². The summed E-state index contributed by atoms with van der Waals surface area (Å²) in [6.45, 7) is 4.13. The van der Waals surface area contributed by atoms with Gasteiger partial charge in [0.25, 0.3) is 5.91 Å². The summed E-state index contributed by atoms with van der Waals surface area (Å²) >= 11 is 0. The highest BCUT2D eigenvalue weighted by Crippen LogP contribution is 2.38. The molecule has 1 amide bonds. The largest absolute Gasteiger partial charge is 0.485 e. The summed E-state index contributed by atoms with van der Waals surface area (Å²) in [6.07, 6.45) is -5.61. The van der Waals surface area contributed by atoms with Gasteiger partial charge in [0.05, 0.1) is 11.1 Å². The van der Waals surface area contributed by atoms with Crippen LogP contribution < -0.4 is 10.1 Å². The Kier molecular flexibility index (Phi) is 6.16. The molecule has 2 N–H and O–H groups in total. The molecule has 0 bridgehead atoms. The monoisotopic (exact) mass is 445 g/mol. The average Bonchev–Trinajstić information content (AvgIpc) is 2.72. The van der Waals surface area contributed by atoms with Gasteiger partial charge in [-0.25, -0.2) is 4.79 Å². The van der Waals surface area contributed by atoms with Crippen LogP contribution in [0.2, 0.25) is 0 Å². The summed E-state index contributed by atoms with van der Waals surface area (Å²) in [7, 11) is 0. The predicted octanol–water partition coefficient (Wildman–Crippen LogP) is 5.59. The topological polar surface area (TPSA) is 75.6 Å². The maximum atomic E-state index is 13.5. The van der Waals surface area contributed by atoms with Gasteiger partial charge < -0.3 is 15.2 Å². The SMILES string of the molecule is C[C@@H](Oc1c(C(=O)NC(C)(C)C(=O)O)ccc2ccccc12)c1ccccc1C(F)(F)F. The van der Waals surface area contributed by atoms with Gasteiger partial charge >= 0.3 is 12.1 Å². The highest BCUT2D eigenvalue weighted by Gasteiger charge is 2.35. The summed E-state index contributed by atoms with van der Waals surface area (Å²) in [4.78, 5) is 24.4. The van der Waals surface area contributed by atoms with Crippen molar-refractivity contribution in [3.63, 3.8) is 0 Å². The van der Waals surface area contributed by atoms with Crippen LogP contribution in [0.15, 0.2) is 60.7 Å². The Hall–Kier alpha value is -3.55. The molecule has 0 radical (unpaired) electrons. The van der Waals surface area contributed by atoms with Gasteiger partial charge in [-0.15, -0.1) is 0 Å². The van der Waals surface area contributed by atoms with E-state index in [-0.39, 0.29) is 16.9 Å². The Bertz CT molecular complexity index is 1170. The predicted molar refractivity (Wildman–Crippen MR) is 114 cm³/mol. The highest BCUT2D eigenvalue weighted by atomic mass is 19.4. The van der Waals surface area contributed by atoms with E-state index in [1.54, 1.807) is 30.3 Å². The van der Waals surface area contributed by atoms with Crippen LogP contribution in [0.4, 0.5) is 13.2 Å². The van der Waals surface area contributed by atoms with Gasteiger partial charge in [-0.1, -0.05) is 48.5 Å². The van der Waals surface area contributed by atoms with Gasteiger partial charge in [-0.2, -0.15) is 13.2 Å². The lowest BCUT2D eigenvalue weighted by molar-refractivity contribution is -0.143. The van der Waals surface area contributed by atoms with E-state index in [2.05, 4.69) is 5.32 Å². The molecular formula is C24H22F3NO4. The molecular weight excluding hydrogens is 423 g/mol. The van der Waals surface area contributed by atoms with Crippen LogP contribution in [0.25, 0.3) is 10.8 Å². The standard InChI is InChI=1S/C24H22F3NO4/c1-14(16-9-6-7-11-19(16)24(25,26)27)32-20-17-10-5-4-8-15(17)12-13-18(20)21(29)28-23(2,3)22(30)31/h4-14H,1-3H3,(H,28,29)(H,30,31)/t14-/m1/s1. The maximum Gasteiger partial charge on any atom is 0.416 e. The lowest BCUT2D eigenvalue weighted by atomic mass is 10.0. The lowest BCUT2D eigenvalue weighted by Gasteiger charge is -2.24. The molecule has 5 nitrogen and oxygen atoms in total. The molecule has 0 saturated heterocycles. The van der Waals surface area contributed by atoms with Crippen LogP contribution in [0, 0.1) is 0 Å². The van der Waals surface area contributed by atoms with Gasteiger partial charge in [-0.05, 0) is 38.3 Å². The number of aliphatic carboxylic acids is 1. The molecule has 3 aromatic rings. The first-order valence-corrected chi connectivity index (χ1v) is 9.82. The van der Waals surface area contributed by atoms with Crippen LogP contribution in [0.3, 0.4) is 0 Å². The van der Waals surface area contributed by atoms with Gasteiger partial charge in [0.15, 0.2) is 0 Å². The van der Waals surface area contributed by atoms with Gasteiger partial charge in [-0.3, -0.25) is 4.79 Å². The quantitative estimate of drug-likeness (QED) is 0.519. The van der Waals surface area contributed by atoms with Gasteiger partial charge in [0, 0.05) is 10.9 Å². The Morgan fingerprint density at radius 3 is 2.25 bits per heavy atom. The number of benzene rings is 3. The highest BCUT2D eigenvalue weighted by molar-refractivity contribution is 6.05. The number of hydrogen-bond acceptors (Lipinski definition) is 3. The summed E-state index contributed by atoms with van der Waals surface area (Å²) in [6, 6.07) is 15.2. The molecule has 3 rings (SSSR count). The number of hydrogen-bond donors (Lipinski definition) is 2. The molecule has 0 aromatic heterocycles. The molecule has 8 heteroatoms. The number of carboxylic acid groups (broad SMARTS) is 1. The minimum absolute atomic E-state index is 0.0226. The average molecular weight is 445 g/mol. The van der Waals surface area contributed by atoms with E-state index in [9.17, 15) is 27.9 Å². The van der Waals surface area contributed by atoms with Gasteiger partial charge in [0.1, 0.15) is 17.4 Å². The Labute approximate surface area is 182 Å². The molecule has 3 aromatic carbocycles. The minimum atomic E-state index is -4.57. The fourth-order valence-electron chi connectivity index (χ4n) is 3.30. The normalized spacial score (nSPS) is 12.9. The zero-order valence-electron chi connectivity index (χ0n) is 17.7. The first kappa shape index (κ1) is 23.1. The van der Waals surface area contributed by atoms with Crippen molar-refractivity contribution in [3.05, 3.63) is 77.4 Å². The maximum absolute atomic E-state index is 13.5. The van der Waals surface area contributed by atoms with Crippen LogP contribution >= 0.6 is 0 Å². The zero-order chi connectivity index (χ0) is 23.7. The van der Waals surface area contributed by atoms with Crippen molar-refractivity contribution in [3.8, 4) is 5.75 Å². The number of ether oxygens (including phenoxy) is 1. The molecule has 0 fully saturated rings.